The molecule has 0 rings (SSSR count). The van der Waals surface area contributed by atoms with Crippen molar-refractivity contribution in [3.8, 4) is 0 Å². The summed E-state index contributed by atoms with van der Waals surface area (Å²) in [7, 11) is 1.76. The van der Waals surface area contributed by atoms with Gasteiger partial charge in [-0.2, -0.15) is 11.8 Å². The Kier molecular flexibility index (Phi) is 8.73. The summed E-state index contributed by atoms with van der Waals surface area (Å²) in [5, 5.41) is 3.49. The van der Waals surface area contributed by atoms with Gasteiger partial charge in [0.15, 0.2) is 0 Å². The molecule has 0 aromatic heterocycles. The van der Waals surface area contributed by atoms with Gasteiger partial charge < -0.3 is 10.1 Å². The number of nitrogens with one attached hydrogen (secondary N) is 1. The summed E-state index contributed by atoms with van der Waals surface area (Å²) < 4.78 is 4.99. The van der Waals surface area contributed by atoms with Crippen molar-refractivity contribution in [3.05, 3.63) is 0 Å². The Bertz CT molecular complexity index is 123. The molecule has 0 amide bonds. The van der Waals surface area contributed by atoms with Gasteiger partial charge >= 0.3 is 0 Å². The van der Waals surface area contributed by atoms with Crippen molar-refractivity contribution in [3.63, 3.8) is 0 Å². The van der Waals surface area contributed by atoms with Crippen molar-refractivity contribution in [2.75, 3.05) is 31.8 Å². The van der Waals surface area contributed by atoms with E-state index < -0.39 is 0 Å². The van der Waals surface area contributed by atoms with E-state index in [1.54, 1.807) is 7.11 Å². The number of hydrogen-bond donors (Lipinski definition) is 1. The van der Waals surface area contributed by atoms with Crippen LogP contribution in [0.4, 0.5) is 0 Å². The molecular formula is C11H25NOS. The van der Waals surface area contributed by atoms with E-state index in [1.165, 1.54) is 24.3 Å². The molecule has 0 aliphatic carbocycles. The molecule has 0 heterocycles. The maximum absolute atomic E-state index is 4.99. The predicted octanol–water partition coefficient (Wildman–Crippen LogP) is 2.53. The fourth-order valence-corrected chi connectivity index (χ4v) is 1.92. The van der Waals surface area contributed by atoms with Gasteiger partial charge in [-0.1, -0.05) is 0 Å². The molecule has 0 spiro atoms. The standard InChI is InChI=1S/C11H25NOS/c1-11(2,3)12-7-5-9-14-10-6-8-13-4/h12H,5-10H2,1-4H3. The Balaban J connectivity index is 2.99. The lowest BCUT2D eigenvalue weighted by Crippen LogP contribution is -2.36. The van der Waals surface area contributed by atoms with Crippen molar-refractivity contribution in [1.82, 2.24) is 5.32 Å². The predicted molar refractivity (Wildman–Crippen MR) is 66.2 cm³/mol. The van der Waals surface area contributed by atoms with Gasteiger partial charge in [0.2, 0.25) is 0 Å². The van der Waals surface area contributed by atoms with Crippen molar-refractivity contribution < 1.29 is 4.74 Å². The lowest BCUT2D eigenvalue weighted by atomic mass is 10.1. The monoisotopic (exact) mass is 219 g/mol. The van der Waals surface area contributed by atoms with Crippen molar-refractivity contribution in [2.24, 2.45) is 0 Å². The fourth-order valence-electron chi connectivity index (χ4n) is 1.05. The molecule has 0 saturated heterocycles. The zero-order valence-electron chi connectivity index (χ0n) is 10.1. The highest BCUT2D eigenvalue weighted by Gasteiger charge is 2.06. The van der Waals surface area contributed by atoms with E-state index in [1.807, 2.05) is 11.8 Å². The Labute approximate surface area is 93.2 Å². The van der Waals surface area contributed by atoms with Crippen molar-refractivity contribution >= 4 is 11.8 Å². The maximum Gasteiger partial charge on any atom is 0.0470 e. The van der Waals surface area contributed by atoms with Crippen LogP contribution in [0.5, 0.6) is 0 Å². The minimum Gasteiger partial charge on any atom is -0.385 e. The van der Waals surface area contributed by atoms with E-state index in [0.717, 1.165) is 13.2 Å². The normalized spacial score (nSPS) is 12.0. The van der Waals surface area contributed by atoms with Gasteiger partial charge in [-0.15, -0.1) is 0 Å². The first kappa shape index (κ1) is 14.3. The van der Waals surface area contributed by atoms with E-state index in [4.69, 9.17) is 4.74 Å². The minimum atomic E-state index is 0.265. The summed E-state index contributed by atoms with van der Waals surface area (Å²) in [5.74, 6) is 2.48. The minimum absolute atomic E-state index is 0.265. The number of hydrogen-bond acceptors (Lipinski definition) is 3. The molecule has 2 nitrogen and oxygen atoms in total. The quantitative estimate of drug-likeness (QED) is 0.634. The van der Waals surface area contributed by atoms with Crippen LogP contribution in [0.25, 0.3) is 0 Å². The Hall–Kier alpha value is 0.270. The molecule has 0 saturated carbocycles. The first-order valence-electron chi connectivity index (χ1n) is 5.38. The third-order valence-electron chi connectivity index (χ3n) is 1.76. The largest absolute Gasteiger partial charge is 0.385 e. The summed E-state index contributed by atoms with van der Waals surface area (Å²) in [5.41, 5.74) is 0.265. The molecule has 0 unspecified atom stereocenters. The average molecular weight is 219 g/mol. The van der Waals surface area contributed by atoms with Crippen LogP contribution in [0.1, 0.15) is 33.6 Å². The molecule has 0 radical (unpaired) electrons. The number of thioether (sulfide) groups is 1. The van der Waals surface area contributed by atoms with Crippen LogP contribution in [-0.4, -0.2) is 37.3 Å². The molecule has 3 heteroatoms. The van der Waals surface area contributed by atoms with Crippen LogP contribution in [0.3, 0.4) is 0 Å². The highest BCUT2D eigenvalue weighted by atomic mass is 32.2. The Morgan fingerprint density at radius 1 is 1.14 bits per heavy atom. The molecule has 14 heavy (non-hydrogen) atoms. The Morgan fingerprint density at radius 2 is 1.79 bits per heavy atom. The smallest absolute Gasteiger partial charge is 0.0470 e. The molecule has 0 aromatic rings. The number of ether oxygens (including phenoxy) is 1. The fraction of sp³-hybridized carbons (Fsp3) is 1.00. The van der Waals surface area contributed by atoms with Crippen molar-refractivity contribution in [2.45, 2.75) is 39.2 Å². The number of rotatable bonds is 8. The van der Waals surface area contributed by atoms with Gasteiger partial charge in [0.25, 0.3) is 0 Å². The van der Waals surface area contributed by atoms with E-state index >= 15 is 0 Å². The molecule has 0 aliphatic heterocycles. The van der Waals surface area contributed by atoms with Gasteiger partial charge in [0.05, 0.1) is 0 Å². The Morgan fingerprint density at radius 3 is 2.36 bits per heavy atom. The van der Waals surface area contributed by atoms with Crippen LogP contribution in [0.15, 0.2) is 0 Å². The molecule has 0 fully saturated rings. The summed E-state index contributed by atoms with van der Waals surface area (Å²) in [6.45, 7) is 8.64. The zero-order valence-corrected chi connectivity index (χ0v) is 10.9. The third-order valence-corrected chi connectivity index (χ3v) is 2.91. The third kappa shape index (κ3) is 12.3. The highest BCUT2D eigenvalue weighted by Crippen LogP contribution is 2.05. The summed E-state index contributed by atoms with van der Waals surface area (Å²) in [6, 6.07) is 0. The van der Waals surface area contributed by atoms with Crippen LogP contribution in [0, 0.1) is 0 Å². The van der Waals surface area contributed by atoms with E-state index in [0.29, 0.717) is 0 Å². The first-order valence-corrected chi connectivity index (χ1v) is 6.53. The van der Waals surface area contributed by atoms with Crippen LogP contribution < -0.4 is 5.32 Å². The van der Waals surface area contributed by atoms with E-state index in [2.05, 4.69) is 26.1 Å². The maximum atomic E-state index is 4.99. The second-order valence-corrected chi connectivity index (χ2v) is 5.71. The SMILES string of the molecule is COCCCSCCCNC(C)(C)C. The summed E-state index contributed by atoms with van der Waals surface area (Å²) in [4.78, 5) is 0. The van der Waals surface area contributed by atoms with E-state index in [-0.39, 0.29) is 5.54 Å². The van der Waals surface area contributed by atoms with E-state index in [9.17, 15) is 0 Å². The topological polar surface area (TPSA) is 21.3 Å². The van der Waals surface area contributed by atoms with Gasteiger partial charge in [-0.3, -0.25) is 0 Å². The average Bonchev–Trinajstić information content (AvgIpc) is 2.08. The molecule has 0 atom stereocenters. The molecular weight excluding hydrogens is 194 g/mol. The molecule has 0 bridgehead atoms. The first-order chi connectivity index (χ1) is 6.56. The van der Waals surface area contributed by atoms with Gasteiger partial charge in [0, 0.05) is 19.3 Å². The van der Waals surface area contributed by atoms with Crippen LogP contribution in [0.2, 0.25) is 0 Å². The lowest BCUT2D eigenvalue weighted by molar-refractivity contribution is 0.200. The molecule has 86 valence electrons. The molecule has 1 N–H and O–H groups in total. The second-order valence-electron chi connectivity index (χ2n) is 4.49. The number of methoxy groups -OCH3 is 1. The van der Waals surface area contributed by atoms with Crippen LogP contribution >= 0.6 is 11.8 Å². The molecule has 0 aromatic carbocycles. The second kappa shape index (κ2) is 8.57. The van der Waals surface area contributed by atoms with Gasteiger partial charge in [-0.25, -0.2) is 0 Å². The molecule has 0 aliphatic rings. The summed E-state index contributed by atoms with van der Waals surface area (Å²) >= 11 is 2.02. The van der Waals surface area contributed by atoms with Crippen molar-refractivity contribution in [1.29, 1.82) is 0 Å². The zero-order chi connectivity index (χ0) is 10.9. The van der Waals surface area contributed by atoms with Crippen LogP contribution in [-0.2, 0) is 4.74 Å². The van der Waals surface area contributed by atoms with Gasteiger partial charge in [-0.05, 0) is 51.7 Å². The highest BCUT2D eigenvalue weighted by molar-refractivity contribution is 7.99. The van der Waals surface area contributed by atoms with Gasteiger partial charge in [0.1, 0.15) is 0 Å². The summed E-state index contributed by atoms with van der Waals surface area (Å²) in [6.07, 6.45) is 2.43. The lowest BCUT2D eigenvalue weighted by Gasteiger charge is -2.20.